The molecule has 0 aromatic carbocycles. The van der Waals surface area contributed by atoms with Crippen LogP contribution in [0.5, 0.6) is 0 Å². The van der Waals surface area contributed by atoms with E-state index in [-0.39, 0.29) is 42.6 Å². The zero-order chi connectivity index (χ0) is 14.8. The number of carbonyl (C=O) groups excluding carboxylic acids is 1. The second-order valence-electron chi connectivity index (χ2n) is 5.42. The van der Waals surface area contributed by atoms with Gasteiger partial charge in [-0.25, -0.2) is 4.98 Å². The van der Waals surface area contributed by atoms with Crippen molar-refractivity contribution in [1.29, 1.82) is 0 Å². The minimum atomic E-state index is -0.0461. The first kappa shape index (κ1) is 19.9. The number of nitrogens with zero attached hydrogens (tertiary/aromatic N) is 3. The molecule has 0 spiro atoms. The zero-order valence-electron chi connectivity index (χ0n) is 13.0. The summed E-state index contributed by atoms with van der Waals surface area (Å²) in [5, 5.41) is 13.5. The van der Waals surface area contributed by atoms with Gasteiger partial charge in [0.05, 0.1) is 18.7 Å². The number of rotatable bonds is 4. The first-order valence-electron chi connectivity index (χ1n) is 7.01. The van der Waals surface area contributed by atoms with Crippen molar-refractivity contribution in [2.75, 3.05) is 13.1 Å². The van der Waals surface area contributed by atoms with Crippen molar-refractivity contribution in [2.45, 2.75) is 19.4 Å². The normalized spacial score (nSPS) is 19.7. The standard InChI is InChI=1S/C14H19N5OS.2ClH/c1-9-8-21-13(18-9)6-16-14(20)12-5-15-4-11(12)10-3-17-19(2)7-10;;/h3,7-8,11-12,15H,4-6H2,1-2H3,(H,16,20);2*1H/t11-,12+;;/m1../s1. The molecule has 1 amide bonds. The van der Waals surface area contributed by atoms with E-state index < -0.39 is 0 Å². The summed E-state index contributed by atoms with van der Waals surface area (Å²) in [5.41, 5.74) is 2.12. The Bertz CT molecular complexity index is 645. The molecule has 1 aliphatic rings. The monoisotopic (exact) mass is 377 g/mol. The van der Waals surface area contributed by atoms with Gasteiger partial charge in [0.25, 0.3) is 0 Å². The average molecular weight is 378 g/mol. The van der Waals surface area contributed by atoms with Gasteiger partial charge in [-0.2, -0.15) is 5.10 Å². The number of hydrogen-bond acceptors (Lipinski definition) is 5. The quantitative estimate of drug-likeness (QED) is 0.849. The smallest absolute Gasteiger partial charge is 0.225 e. The van der Waals surface area contributed by atoms with E-state index >= 15 is 0 Å². The lowest BCUT2D eigenvalue weighted by Crippen LogP contribution is -2.33. The summed E-state index contributed by atoms with van der Waals surface area (Å²) in [6, 6.07) is 0. The number of halogens is 2. The Balaban J connectivity index is 0.00000132. The molecule has 1 fully saturated rings. The molecule has 9 heteroatoms. The third-order valence-corrected chi connectivity index (χ3v) is 4.75. The third kappa shape index (κ3) is 4.67. The van der Waals surface area contributed by atoms with Gasteiger partial charge in [-0.3, -0.25) is 9.48 Å². The van der Waals surface area contributed by atoms with E-state index in [1.807, 2.05) is 31.7 Å². The van der Waals surface area contributed by atoms with Crippen molar-refractivity contribution < 1.29 is 4.79 Å². The first-order chi connectivity index (χ1) is 10.1. The van der Waals surface area contributed by atoms with E-state index in [1.54, 1.807) is 16.0 Å². The molecule has 0 aliphatic carbocycles. The Morgan fingerprint density at radius 3 is 2.87 bits per heavy atom. The highest BCUT2D eigenvalue weighted by molar-refractivity contribution is 7.09. The van der Waals surface area contributed by atoms with Crippen molar-refractivity contribution >= 4 is 42.1 Å². The fraction of sp³-hybridized carbons (Fsp3) is 0.500. The Morgan fingerprint density at radius 2 is 2.26 bits per heavy atom. The lowest BCUT2D eigenvalue weighted by molar-refractivity contribution is -0.125. The molecule has 6 nitrogen and oxygen atoms in total. The number of aryl methyl sites for hydroxylation is 2. The maximum absolute atomic E-state index is 12.4. The van der Waals surface area contributed by atoms with E-state index in [0.717, 1.165) is 22.8 Å². The molecule has 0 saturated carbocycles. The number of amides is 1. The fourth-order valence-corrected chi connectivity index (χ4v) is 3.43. The van der Waals surface area contributed by atoms with E-state index in [4.69, 9.17) is 0 Å². The van der Waals surface area contributed by atoms with E-state index in [2.05, 4.69) is 20.7 Å². The van der Waals surface area contributed by atoms with Crippen LogP contribution in [0, 0.1) is 12.8 Å². The minimum absolute atomic E-state index is 0. The second-order valence-corrected chi connectivity index (χ2v) is 6.36. The maximum atomic E-state index is 12.4. The molecule has 0 radical (unpaired) electrons. The van der Waals surface area contributed by atoms with Crippen LogP contribution in [0.1, 0.15) is 22.2 Å². The van der Waals surface area contributed by atoms with Gasteiger partial charge in [0, 0.05) is 43.3 Å². The molecular weight excluding hydrogens is 357 g/mol. The number of hydrogen-bond donors (Lipinski definition) is 2. The molecule has 0 bridgehead atoms. The van der Waals surface area contributed by atoms with Gasteiger partial charge in [-0.1, -0.05) is 0 Å². The summed E-state index contributed by atoms with van der Waals surface area (Å²) in [7, 11) is 1.89. The average Bonchev–Trinajstić information content (AvgIpc) is 3.16. The maximum Gasteiger partial charge on any atom is 0.225 e. The number of carbonyl (C=O) groups is 1. The summed E-state index contributed by atoms with van der Waals surface area (Å²) in [6.45, 7) is 4.00. The van der Waals surface area contributed by atoms with Crippen LogP contribution >= 0.6 is 36.2 Å². The first-order valence-corrected chi connectivity index (χ1v) is 7.89. The number of thiazole rings is 1. The van der Waals surface area contributed by atoms with Crippen molar-refractivity contribution in [3.8, 4) is 0 Å². The van der Waals surface area contributed by atoms with E-state index in [1.165, 1.54) is 0 Å². The van der Waals surface area contributed by atoms with Crippen LogP contribution in [-0.2, 0) is 18.4 Å². The van der Waals surface area contributed by atoms with Crippen molar-refractivity contribution in [3.05, 3.63) is 34.0 Å². The highest BCUT2D eigenvalue weighted by Gasteiger charge is 2.34. The Hall–Kier alpha value is -1.15. The fourth-order valence-electron chi connectivity index (χ4n) is 2.71. The molecule has 0 unspecified atom stereocenters. The molecule has 1 aliphatic heterocycles. The molecule has 23 heavy (non-hydrogen) atoms. The van der Waals surface area contributed by atoms with Gasteiger partial charge in [0.2, 0.25) is 5.91 Å². The molecule has 3 heterocycles. The number of aromatic nitrogens is 3. The SMILES string of the molecule is Cc1csc(CNC(=O)[C@H]2CNC[C@@H]2c2cnn(C)c2)n1.Cl.Cl. The largest absolute Gasteiger partial charge is 0.349 e. The van der Waals surface area contributed by atoms with Crippen LogP contribution < -0.4 is 10.6 Å². The second kappa shape index (κ2) is 8.63. The highest BCUT2D eigenvalue weighted by Crippen LogP contribution is 2.28. The molecule has 128 valence electrons. The highest BCUT2D eigenvalue weighted by atomic mass is 35.5. The summed E-state index contributed by atoms with van der Waals surface area (Å²) >= 11 is 1.58. The van der Waals surface area contributed by atoms with Crippen LogP contribution in [0.4, 0.5) is 0 Å². The van der Waals surface area contributed by atoms with Gasteiger partial charge < -0.3 is 10.6 Å². The molecule has 1 saturated heterocycles. The third-order valence-electron chi connectivity index (χ3n) is 3.78. The predicted molar refractivity (Wildman–Crippen MR) is 95.5 cm³/mol. The Kier molecular flexibility index (Phi) is 7.47. The summed E-state index contributed by atoms with van der Waals surface area (Å²) < 4.78 is 1.78. The number of nitrogens with one attached hydrogen (secondary N) is 2. The van der Waals surface area contributed by atoms with Crippen molar-refractivity contribution in [3.63, 3.8) is 0 Å². The summed E-state index contributed by atoms with van der Waals surface area (Å²) in [5.74, 6) is 0.230. The van der Waals surface area contributed by atoms with Crippen LogP contribution in [-0.4, -0.2) is 33.8 Å². The molecule has 2 N–H and O–H groups in total. The lowest BCUT2D eigenvalue weighted by atomic mass is 9.90. The van der Waals surface area contributed by atoms with Gasteiger partial charge in [-0.15, -0.1) is 36.2 Å². The zero-order valence-corrected chi connectivity index (χ0v) is 15.4. The van der Waals surface area contributed by atoms with Crippen LogP contribution in [0.3, 0.4) is 0 Å². The topological polar surface area (TPSA) is 71.8 Å². The van der Waals surface area contributed by atoms with Crippen LogP contribution in [0.25, 0.3) is 0 Å². The molecule has 3 rings (SSSR count). The van der Waals surface area contributed by atoms with Crippen molar-refractivity contribution in [2.24, 2.45) is 13.0 Å². The van der Waals surface area contributed by atoms with Gasteiger partial charge >= 0.3 is 0 Å². The Morgan fingerprint density at radius 1 is 1.48 bits per heavy atom. The summed E-state index contributed by atoms with van der Waals surface area (Å²) in [6.07, 6.45) is 3.84. The van der Waals surface area contributed by atoms with E-state index in [9.17, 15) is 4.79 Å². The summed E-state index contributed by atoms with van der Waals surface area (Å²) in [4.78, 5) is 16.8. The predicted octanol–water partition coefficient (Wildman–Crippen LogP) is 1.65. The van der Waals surface area contributed by atoms with Gasteiger partial charge in [0.1, 0.15) is 5.01 Å². The van der Waals surface area contributed by atoms with E-state index in [0.29, 0.717) is 13.1 Å². The van der Waals surface area contributed by atoms with Crippen molar-refractivity contribution in [1.82, 2.24) is 25.4 Å². The van der Waals surface area contributed by atoms with Crippen LogP contribution in [0.15, 0.2) is 17.8 Å². The molecule has 2 atom stereocenters. The van der Waals surface area contributed by atoms with Gasteiger partial charge in [-0.05, 0) is 12.5 Å². The molecule has 2 aromatic heterocycles. The van der Waals surface area contributed by atoms with Gasteiger partial charge in [0.15, 0.2) is 0 Å². The lowest BCUT2D eigenvalue weighted by Gasteiger charge is -2.16. The molecule has 2 aromatic rings. The Labute approximate surface area is 151 Å². The van der Waals surface area contributed by atoms with Crippen LogP contribution in [0.2, 0.25) is 0 Å². The molecular formula is C14H21Cl2N5OS. The minimum Gasteiger partial charge on any atom is -0.349 e.